The topological polar surface area (TPSA) is 39.1 Å². The van der Waals surface area contributed by atoms with E-state index < -0.39 is 0 Å². The monoisotopic (exact) mass is 265 g/mol. The van der Waals surface area contributed by atoms with E-state index in [1.54, 1.807) is 0 Å². The third-order valence-corrected chi connectivity index (χ3v) is 4.03. The zero-order valence-corrected chi connectivity index (χ0v) is 12.4. The molecule has 2 atom stereocenters. The molecule has 1 aromatic rings. The van der Waals surface area contributed by atoms with Crippen molar-refractivity contribution >= 4 is 0 Å². The molecule has 2 unspecified atom stereocenters. The summed E-state index contributed by atoms with van der Waals surface area (Å²) in [5.41, 5.74) is 1.37. The summed E-state index contributed by atoms with van der Waals surface area (Å²) < 4.78 is 8.00. The van der Waals surface area contributed by atoms with Crippen molar-refractivity contribution in [3.05, 3.63) is 18.2 Å². The van der Waals surface area contributed by atoms with Gasteiger partial charge in [-0.15, -0.1) is 0 Å². The lowest BCUT2D eigenvalue weighted by Crippen LogP contribution is -2.31. The lowest BCUT2D eigenvalue weighted by molar-refractivity contribution is 0.0947. The molecule has 1 aromatic heterocycles. The zero-order valence-electron chi connectivity index (χ0n) is 12.4. The first-order valence-electron chi connectivity index (χ1n) is 7.54. The van der Waals surface area contributed by atoms with Crippen LogP contribution >= 0.6 is 0 Å². The molecule has 4 heteroatoms. The molecule has 2 rings (SSSR count). The van der Waals surface area contributed by atoms with Crippen LogP contribution in [-0.2, 0) is 4.74 Å². The smallest absolute Gasteiger partial charge is 0.0951 e. The van der Waals surface area contributed by atoms with Gasteiger partial charge in [-0.2, -0.15) is 0 Å². The Morgan fingerprint density at radius 1 is 1.53 bits per heavy atom. The molecule has 108 valence electrons. The van der Waals surface area contributed by atoms with E-state index in [4.69, 9.17) is 4.74 Å². The van der Waals surface area contributed by atoms with E-state index in [1.807, 2.05) is 12.5 Å². The lowest BCUT2D eigenvalue weighted by atomic mass is 9.95. The van der Waals surface area contributed by atoms with Gasteiger partial charge >= 0.3 is 0 Å². The molecule has 0 amide bonds. The summed E-state index contributed by atoms with van der Waals surface area (Å²) in [6, 6.07) is 0.388. The van der Waals surface area contributed by atoms with Crippen molar-refractivity contribution in [3.63, 3.8) is 0 Å². The fourth-order valence-corrected chi connectivity index (χ4v) is 2.85. The van der Waals surface area contributed by atoms with E-state index in [9.17, 15) is 0 Å². The minimum absolute atomic E-state index is 0.388. The minimum Gasteiger partial charge on any atom is -0.380 e. The molecule has 1 N–H and O–H groups in total. The van der Waals surface area contributed by atoms with Gasteiger partial charge in [0.25, 0.3) is 0 Å². The highest BCUT2D eigenvalue weighted by molar-refractivity contribution is 5.10. The number of rotatable bonds is 6. The summed E-state index contributed by atoms with van der Waals surface area (Å²) in [6.45, 7) is 10.3. The second kappa shape index (κ2) is 7.06. The van der Waals surface area contributed by atoms with Crippen LogP contribution < -0.4 is 5.32 Å². The molecular formula is C15H27N3O. The number of nitrogens with one attached hydrogen (secondary N) is 1. The Hall–Kier alpha value is -0.870. The van der Waals surface area contributed by atoms with Crippen LogP contribution in [0.2, 0.25) is 0 Å². The van der Waals surface area contributed by atoms with Crippen LogP contribution in [0.1, 0.15) is 51.3 Å². The second-order valence-corrected chi connectivity index (χ2v) is 5.74. The van der Waals surface area contributed by atoms with E-state index in [0.717, 1.165) is 26.3 Å². The van der Waals surface area contributed by atoms with Gasteiger partial charge < -0.3 is 14.6 Å². The molecule has 0 spiro atoms. The Balaban J connectivity index is 2.15. The molecule has 2 heterocycles. The van der Waals surface area contributed by atoms with E-state index in [-0.39, 0.29) is 0 Å². The Bertz CT molecular complexity index is 369. The summed E-state index contributed by atoms with van der Waals surface area (Å²) in [6.07, 6.45) is 6.54. The third-order valence-electron chi connectivity index (χ3n) is 4.03. The molecule has 4 nitrogen and oxygen atoms in total. The Kier molecular flexibility index (Phi) is 5.40. The van der Waals surface area contributed by atoms with E-state index >= 15 is 0 Å². The van der Waals surface area contributed by atoms with Crippen LogP contribution in [-0.4, -0.2) is 35.9 Å². The highest BCUT2D eigenvalue weighted by atomic mass is 16.5. The van der Waals surface area contributed by atoms with Gasteiger partial charge in [-0.3, -0.25) is 0 Å². The average Bonchev–Trinajstić information content (AvgIpc) is 2.89. The molecule has 1 fully saturated rings. The number of imidazole rings is 1. The summed E-state index contributed by atoms with van der Waals surface area (Å²) in [5.74, 6) is 1.15. The van der Waals surface area contributed by atoms with Gasteiger partial charge in [0.1, 0.15) is 0 Å². The van der Waals surface area contributed by atoms with Crippen molar-refractivity contribution in [3.8, 4) is 0 Å². The standard InChI is InChI=1S/C15H27N3O/c1-4-19-10-15(12(2)3)18-11-17-9-14(18)13-6-5-7-16-8-13/h9,11-13,15-16H,4-8,10H2,1-3H3. The molecule has 0 bridgehead atoms. The Morgan fingerprint density at radius 2 is 2.37 bits per heavy atom. The first-order chi connectivity index (χ1) is 9.24. The largest absolute Gasteiger partial charge is 0.380 e. The first kappa shape index (κ1) is 14.5. The number of piperidine rings is 1. The minimum atomic E-state index is 0.388. The van der Waals surface area contributed by atoms with Crippen LogP contribution in [0.5, 0.6) is 0 Å². The fraction of sp³-hybridized carbons (Fsp3) is 0.800. The van der Waals surface area contributed by atoms with Gasteiger partial charge in [0, 0.05) is 31.0 Å². The highest BCUT2D eigenvalue weighted by Gasteiger charge is 2.24. The average molecular weight is 265 g/mol. The molecule has 1 aliphatic heterocycles. The molecule has 0 aromatic carbocycles. The molecule has 0 aliphatic carbocycles. The van der Waals surface area contributed by atoms with Gasteiger partial charge in [0.15, 0.2) is 0 Å². The van der Waals surface area contributed by atoms with Crippen LogP contribution in [0, 0.1) is 5.92 Å². The second-order valence-electron chi connectivity index (χ2n) is 5.74. The zero-order chi connectivity index (χ0) is 13.7. The number of hydrogen-bond acceptors (Lipinski definition) is 3. The Morgan fingerprint density at radius 3 is 3.00 bits per heavy atom. The molecule has 0 saturated carbocycles. The van der Waals surface area contributed by atoms with Gasteiger partial charge in [-0.1, -0.05) is 13.8 Å². The summed E-state index contributed by atoms with van der Waals surface area (Å²) in [4.78, 5) is 4.39. The first-order valence-corrected chi connectivity index (χ1v) is 7.54. The van der Waals surface area contributed by atoms with Crippen LogP contribution in [0.4, 0.5) is 0 Å². The van der Waals surface area contributed by atoms with Crippen molar-refractivity contribution in [2.24, 2.45) is 5.92 Å². The summed E-state index contributed by atoms with van der Waals surface area (Å²) in [5, 5.41) is 3.49. The molecule has 1 saturated heterocycles. The van der Waals surface area contributed by atoms with E-state index in [0.29, 0.717) is 17.9 Å². The van der Waals surface area contributed by atoms with E-state index in [1.165, 1.54) is 18.5 Å². The maximum Gasteiger partial charge on any atom is 0.0951 e. The molecule has 0 radical (unpaired) electrons. The number of nitrogens with zero attached hydrogens (tertiary/aromatic N) is 2. The van der Waals surface area contributed by atoms with Crippen molar-refractivity contribution in [1.29, 1.82) is 0 Å². The fourth-order valence-electron chi connectivity index (χ4n) is 2.85. The summed E-state index contributed by atoms with van der Waals surface area (Å²) >= 11 is 0. The molecular weight excluding hydrogens is 238 g/mol. The third kappa shape index (κ3) is 3.57. The van der Waals surface area contributed by atoms with Gasteiger partial charge in [-0.05, 0) is 32.2 Å². The van der Waals surface area contributed by atoms with Crippen LogP contribution in [0.3, 0.4) is 0 Å². The molecule has 1 aliphatic rings. The maximum atomic E-state index is 5.66. The van der Waals surface area contributed by atoms with Crippen molar-refractivity contribution in [2.45, 2.75) is 45.6 Å². The number of ether oxygens (including phenoxy) is 1. The Labute approximate surface area is 116 Å². The van der Waals surface area contributed by atoms with Crippen molar-refractivity contribution in [2.75, 3.05) is 26.3 Å². The van der Waals surface area contributed by atoms with Gasteiger partial charge in [-0.25, -0.2) is 4.98 Å². The highest BCUT2D eigenvalue weighted by Crippen LogP contribution is 2.28. The lowest BCUT2D eigenvalue weighted by Gasteiger charge is -2.29. The van der Waals surface area contributed by atoms with Crippen LogP contribution in [0.15, 0.2) is 12.5 Å². The predicted molar refractivity (Wildman–Crippen MR) is 77.4 cm³/mol. The predicted octanol–water partition coefficient (Wildman–Crippen LogP) is 2.58. The van der Waals surface area contributed by atoms with Gasteiger partial charge in [0.2, 0.25) is 0 Å². The van der Waals surface area contributed by atoms with Gasteiger partial charge in [0.05, 0.1) is 19.0 Å². The van der Waals surface area contributed by atoms with Crippen LogP contribution in [0.25, 0.3) is 0 Å². The van der Waals surface area contributed by atoms with E-state index in [2.05, 4.69) is 35.6 Å². The normalized spacial score (nSPS) is 21.8. The number of hydrogen-bond donors (Lipinski definition) is 1. The van der Waals surface area contributed by atoms with Crippen molar-refractivity contribution < 1.29 is 4.74 Å². The van der Waals surface area contributed by atoms with Crippen molar-refractivity contribution in [1.82, 2.24) is 14.9 Å². The molecule has 19 heavy (non-hydrogen) atoms. The number of aromatic nitrogens is 2. The maximum absolute atomic E-state index is 5.66. The SMILES string of the molecule is CCOCC(C(C)C)n1cncc1C1CCCNC1. The quantitative estimate of drug-likeness (QED) is 0.859. The summed E-state index contributed by atoms with van der Waals surface area (Å²) in [7, 11) is 0.